The molecule has 3 aliphatic rings. The van der Waals surface area contributed by atoms with Gasteiger partial charge < -0.3 is 14.9 Å². The van der Waals surface area contributed by atoms with Gasteiger partial charge in [0.05, 0.1) is 18.3 Å². The molecule has 0 spiro atoms. The standard InChI is InChI=1S/C32H38N4O5S2/c1-2-24-14-9-17-35(24)29-16-15-25(19-33-29)43(40,41)34-20-27(22-10-5-3-6-11-22)36(30(37)21-34)26-18-28(42-31(26)32(38)39)23-12-7-4-8-13-23/h4,7-8,12-13,15-16,18-19,22,24,27H,2-3,5-6,9-11,14,17,20-21H2,1H3,(H,38,39)/t24?,27-/m0/s1. The molecule has 1 N–H and O–H groups in total. The van der Waals surface area contributed by atoms with E-state index in [0.717, 1.165) is 85.5 Å². The maximum Gasteiger partial charge on any atom is 0.348 e. The van der Waals surface area contributed by atoms with Gasteiger partial charge in [-0.3, -0.25) is 4.79 Å². The zero-order valence-electron chi connectivity index (χ0n) is 24.4. The molecule has 0 bridgehead atoms. The summed E-state index contributed by atoms with van der Waals surface area (Å²) in [6.45, 7) is 2.82. The Morgan fingerprint density at radius 2 is 1.81 bits per heavy atom. The van der Waals surface area contributed by atoms with Crippen LogP contribution < -0.4 is 9.80 Å². The largest absolute Gasteiger partial charge is 0.477 e. The van der Waals surface area contributed by atoms with Gasteiger partial charge >= 0.3 is 5.97 Å². The van der Waals surface area contributed by atoms with Crippen LogP contribution in [0.15, 0.2) is 59.6 Å². The van der Waals surface area contributed by atoms with Crippen molar-refractivity contribution in [2.75, 3.05) is 29.4 Å². The van der Waals surface area contributed by atoms with Gasteiger partial charge in [0.2, 0.25) is 15.9 Å². The zero-order chi connectivity index (χ0) is 30.1. The SMILES string of the molecule is CCC1CCCN1c1ccc(S(=O)(=O)N2CC(=O)N(c3cc(-c4ccccc4)sc3C(=O)O)[C@H](C3CCCCC3)C2)cn1. The molecule has 2 aliphatic heterocycles. The first-order valence-corrected chi connectivity index (χ1v) is 17.5. The fourth-order valence-corrected chi connectivity index (χ4v) is 9.35. The highest BCUT2D eigenvalue weighted by atomic mass is 32.2. The number of benzene rings is 1. The van der Waals surface area contributed by atoms with Crippen LogP contribution in [0.1, 0.15) is 68.0 Å². The fourth-order valence-electron chi connectivity index (χ4n) is 7.01. The number of piperazine rings is 1. The van der Waals surface area contributed by atoms with E-state index in [1.807, 2.05) is 30.3 Å². The third kappa shape index (κ3) is 5.82. The zero-order valence-corrected chi connectivity index (χ0v) is 26.0. The second kappa shape index (κ2) is 12.4. The lowest BCUT2D eigenvalue weighted by atomic mass is 9.82. The number of carbonyl (C=O) groups is 2. The lowest BCUT2D eigenvalue weighted by Gasteiger charge is -2.44. The number of aromatic nitrogens is 1. The molecule has 43 heavy (non-hydrogen) atoms. The lowest BCUT2D eigenvalue weighted by Crippen LogP contribution is -2.60. The molecular formula is C32H38N4O5S2. The van der Waals surface area contributed by atoms with Crippen LogP contribution in [0.5, 0.6) is 0 Å². The van der Waals surface area contributed by atoms with Crippen molar-refractivity contribution in [1.82, 2.24) is 9.29 Å². The Bertz CT molecular complexity index is 1570. The molecule has 11 heteroatoms. The maximum atomic E-state index is 14.0. The van der Waals surface area contributed by atoms with E-state index in [1.165, 1.54) is 10.5 Å². The summed E-state index contributed by atoms with van der Waals surface area (Å²) in [6.07, 6.45) is 9.46. The van der Waals surface area contributed by atoms with Gasteiger partial charge in [-0.15, -0.1) is 11.3 Å². The number of sulfonamides is 1. The van der Waals surface area contributed by atoms with Crippen molar-refractivity contribution >= 4 is 44.7 Å². The highest BCUT2D eigenvalue weighted by molar-refractivity contribution is 7.89. The summed E-state index contributed by atoms with van der Waals surface area (Å²) < 4.78 is 29.1. The third-order valence-electron chi connectivity index (χ3n) is 9.22. The Hall–Kier alpha value is -3.28. The Morgan fingerprint density at radius 3 is 2.49 bits per heavy atom. The van der Waals surface area contributed by atoms with E-state index in [1.54, 1.807) is 23.1 Å². The van der Waals surface area contributed by atoms with Crippen molar-refractivity contribution < 1.29 is 23.1 Å². The van der Waals surface area contributed by atoms with Crippen molar-refractivity contribution in [3.05, 3.63) is 59.6 Å². The van der Waals surface area contributed by atoms with Crippen LogP contribution in [0.25, 0.3) is 10.4 Å². The van der Waals surface area contributed by atoms with Crippen LogP contribution in [-0.4, -0.2) is 66.4 Å². The first-order valence-electron chi connectivity index (χ1n) is 15.3. The monoisotopic (exact) mass is 622 g/mol. The van der Waals surface area contributed by atoms with E-state index in [9.17, 15) is 23.1 Å². The number of carboxylic acids is 1. The number of thiophene rings is 1. The van der Waals surface area contributed by atoms with Gasteiger partial charge in [-0.1, -0.05) is 56.5 Å². The average Bonchev–Trinajstić information content (AvgIpc) is 3.70. The molecule has 2 atom stereocenters. The lowest BCUT2D eigenvalue weighted by molar-refractivity contribution is -0.121. The molecular weight excluding hydrogens is 585 g/mol. The molecule has 1 saturated carbocycles. The summed E-state index contributed by atoms with van der Waals surface area (Å²) in [6, 6.07) is 14.6. The van der Waals surface area contributed by atoms with Gasteiger partial charge in [0.25, 0.3) is 0 Å². The number of aromatic carboxylic acids is 1. The van der Waals surface area contributed by atoms with Crippen molar-refractivity contribution in [1.29, 1.82) is 0 Å². The summed E-state index contributed by atoms with van der Waals surface area (Å²) in [5.74, 6) is -0.657. The van der Waals surface area contributed by atoms with Crippen LogP contribution >= 0.6 is 11.3 Å². The summed E-state index contributed by atoms with van der Waals surface area (Å²) in [5, 5.41) is 10.2. The second-order valence-electron chi connectivity index (χ2n) is 11.8. The van der Waals surface area contributed by atoms with Crippen molar-refractivity contribution in [2.45, 2.75) is 75.3 Å². The Labute approximate surface area is 257 Å². The smallest absolute Gasteiger partial charge is 0.348 e. The van der Waals surface area contributed by atoms with Crippen molar-refractivity contribution in [3.63, 3.8) is 0 Å². The summed E-state index contributed by atoms with van der Waals surface area (Å²) in [5.41, 5.74) is 1.23. The van der Waals surface area contributed by atoms with E-state index in [2.05, 4.69) is 16.8 Å². The molecule has 2 aromatic heterocycles. The molecule has 4 heterocycles. The summed E-state index contributed by atoms with van der Waals surface area (Å²) in [4.78, 5) is 35.7. The van der Waals surface area contributed by atoms with E-state index in [4.69, 9.17) is 0 Å². The van der Waals surface area contributed by atoms with Crippen molar-refractivity contribution in [2.24, 2.45) is 5.92 Å². The first kappa shape index (κ1) is 29.8. The van der Waals surface area contributed by atoms with Gasteiger partial charge in [-0.05, 0) is 61.8 Å². The predicted molar refractivity (Wildman–Crippen MR) is 168 cm³/mol. The minimum atomic E-state index is -4.00. The second-order valence-corrected chi connectivity index (χ2v) is 14.8. The molecule has 9 nitrogen and oxygen atoms in total. The molecule has 228 valence electrons. The molecule has 1 amide bonds. The normalized spacial score (nSPS) is 22.3. The molecule has 1 aliphatic carbocycles. The molecule has 2 saturated heterocycles. The van der Waals surface area contributed by atoms with Crippen LogP contribution in [0.3, 0.4) is 0 Å². The van der Waals surface area contributed by atoms with Gasteiger partial charge in [0, 0.05) is 30.2 Å². The Balaban J connectivity index is 1.32. The van der Waals surface area contributed by atoms with Crippen molar-refractivity contribution in [3.8, 4) is 10.4 Å². The number of nitrogens with zero attached hydrogens (tertiary/aromatic N) is 4. The quantitative estimate of drug-likeness (QED) is 0.334. The number of hydrogen-bond donors (Lipinski definition) is 1. The van der Waals surface area contributed by atoms with Gasteiger partial charge in [0.15, 0.2) is 0 Å². The third-order valence-corrected chi connectivity index (χ3v) is 12.2. The molecule has 6 rings (SSSR count). The first-order chi connectivity index (χ1) is 20.8. The maximum absolute atomic E-state index is 14.0. The average molecular weight is 623 g/mol. The molecule has 3 fully saturated rings. The fraction of sp³-hybridized carbons (Fsp3) is 0.469. The molecule has 0 radical (unpaired) electrons. The highest BCUT2D eigenvalue weighted by Crippen LogP contribution is 2.42. The number of pyridine rings is 1. The predicted octanol–water partition coefficient (Wildman–Crippen LogP) is 5.87. The topological polar surface area (TPSA) is 111 Å². The molecule has 1 unspecified atom stereocenters. The number of rotatable bonds is 8. The van der Waals surface area contributed by atoms with E-state index < -0.39 is 27.9 Å². The summed E-state index contributed by atoms with van der Waals surface area (Å²) >= 11 is 1.14. The number of carbonyl (C=O) groups excluding carboxylic acids is 1. The Morgan fingerprint density at radius 1 is 1.05 bits per heavy atom. The summed E-state index contributed by atoms with van der Waals surface area (Å²) in [7, 11) is -4.00. The van der Waals surface area contributed by atoms with Gasteiger partial charge in [0.1, 0.15) is 15.6 Å². The van der Waals surface area contributed by atoms with Gasteiger partial charge in [-0.2, -0.15) is 4.31 Å². The van der Waals surface area contributed by atoms with Crippen LogP contribution in [0.2, 0.25) is 0 Å². The minimum Gasteiger partial charge on any atom is -0.477 e. The highest BCUT2D eigenvalue weighted by Gasteiger charge is 2.44. The minimum absolute atomic E-state index is 0.0686. The van der Waals surface area contributed by atoms with E-state index in [0.29, 0.717) is 11.7 Å². The van der Waals surface area contributed by atoms with E-state index in [-0.39, 0.29) is 28.8 Å². The van der Waals surface area contributed by atoms with E-state index >= 15 is 0 Å². The van der Waals surface area contributed by atoms with Gasteiger partial charge in [-0.25, -0.2) is 18.2 Å². The Kier molecular flexibility index (Phi) is 8.57. The molecule has 1 aromatic carbocycles. The number of hydrogen-bond acceptors (Lipinski definition) is 7. The molecule has 3 aromatic rings. The van der Waals surface area contributed by atoms with Crippen LogP contribution in [0, 0.1) is 5.92 Å². The van der Waals surface area contributed by atoms with Crippen LogP contribution in [-0.2, 0) is 14.8 Å². The number of carboxylic acid groups (broad SMARTS) is 1. The number of anilines is 2. The number of amides is 1. The van der Waals surface area contributed by atoms with Crippen LogP contribution in [0.4, 0.5) is 11.5 Å².